The predicted molar refractivity (Wildman–Crippen MR) is 153 cm³/mol. The van der Waals surface area contributed by atoms with Gasteiger partial charge in [-0.1, -0.05) is 57.6 Å². The first-order valence-electron chi connectivity index (χ1n) is 14.8. The lowest BCUT2D eigenvalue weighted by atomic mass is 9.53. The normalized spacial score (nSPS) is 43.4. The van der Waals surface area contributed by atoms with Gasteiger partial charge in [-0.3, -0.25) is 9.59 Å². The fourth-order valence-electron chi connectivity index (χ4n) is 7.58. The Hall–Kier alpha value is -2.67. The molecule has 1 saturated heterocycles. The number of esters is 2. The smallest absolute Gasteiger partial charge is 0.331 e. The van der Waals surface area contributed by atoms with Crippen LogP contribution in [0.5, 0.6) is 0 Å². The van der Waals surface area contributed by atoms with E-state index in [0.29, 0.717) is 0 Å². The number of Topliss-reactive ketones (excluding diaryl/α,β-unsaturated/α-hetero) is 1. The van der Waals surface area contributed by atoms with Crippen LogP contribution in [0.3, 0.4) is 0 Å². The first-order chi connectivity index (χ1) is 20.1. The van der Waals surface area contributed by atoms with Crippen LogP contribution in [-0.4, -0.2) is 96.7 Å². The molecular weight excluding hydrogens is 560 g/mol. The van der Waals surface area contributed by atoms with Gasteiger partial charge < -0.3 is 39.7 Å². The Morgan fingerprint density at radius 1 is 1.12 bits per heavy atom. The van der Waals surface area contributed by atoms with Gasteiger partial charge in [-0.2, -0.15) is 0 Å². The fourth-order valence-corrected chi connectivity index (χ4v) is 7.58. The standard InChI is InChI=1S/C32H44O11/c1-7-8-9-10-11-12-13-14-22(35)42-27-23-26-29(16-33,43-26)28(37)32(40)21(15-18(4)24(32)36)31(23,39)19(5)25(41-20(6)34)30(27,38)17(2)3/h11-15,19,21,23,25-28,33,37-40H,2,7-10,16H2,1,3-6H3/b12-11+,14-13+/t19-,21+,23+,25-,26+,27-,28-,29+,30+,31+,32-/m1/s1. The van der Waals surface area contributed by atoms with Gasteiger partial charge in [0.1, 0.15) is 30.0 Å². The number of rotatable bonds is 10. The molecule has 0 aromatic heterocycles. The van der Waals surface area contributed by atoms with Crippen molar-refractivity contribution in [1.82, 2.24) is 0 Å². The van der Waals surface area contributed by atoms with Crippen molar-refractivity contribution in [2.45, 2.75) is 107 Å². The molecule has 11 nitrogen and oxygen atoms in total. The number of unbranched alkanes of at least 4 members (excludes halogenated alkanes) is 3. The highest BCUT2D eigenvalue weighted by Crippen LogP contribution is 2.66. The molecule has 0 amide bonds. The third-order valence-electron chi connectivity index (χ3n) is 9.92. The van der Waals surface area contributed by atoms with Crippen LogP contribution in [0.4, 0.5) is 0 Å². The van der Waals surface area contributed by atoms with Crippen LogP contribution in [0, 0.1) is 17.8 Å². The van der Waals surface area contributed by atoms with Crippen LogP contribution in [0.25, 0.3) is 0 Å². The van der Waals surface area contributed by atoms with E-state index >= 15 is 0 Å². The fraction of sp³-hybridized carbons (Fsp3) is 0.656. The number of carbonyl (C=O) groups excluding carboxylic acids is 3. The summed E-state index contributed by atoms with van der Waals surface area (Å²) in [6, 6.07) is 0. The van der Waals surface area contributed by atoms with Crippen molar-refractivity contribution in [3.8, 4) is 0 Å². The Labute approximate surface area is 251 Å². The maximum Gasteiger partial charge on any atom is 0.331 e. The zero-order valence-electron chi connectivity index (χ0n) is 25.4. The molecular formula is C32H44O11. The molecule has 1 heterocycles. The summed E-state index contributed by atoms with van der Waals surface area (Å²) >= 11 is 0. The van der Waals surface area contributed by atoms with Crippen molar-refractivity contribution in [2.24, 2.45) is 17.8 Å². The molecule has 0 aromatic carbocycles. The molecule has 0 radical (unpaired) electrons. The molecule has 11 heteroatoms. The summed E-state index contributed by atoms with van der Waals surface area (Å²) in [5.74, 6) is -6.79. The summed E-state index contributed by atoms with van der Waals surface area (Å²) in [5, 5.41) is 58.8. The minimum Gasteiger partial charge on any atom is -0.459 e. The monoisotopic (exact) mass is 604 g/mol. The third kappa shape index (κ3) is 4.85. The van der Waals surface area contributed by atoms with Crippen molar-refractivity contribution in [2.75, 3.05) is 6.61 Å². The number of aliphatic hydroxyl groups excluding tert-OH is 2. The summed E-state index contributed by atoms with van der Waals surface area (Å²) in [6.07, 6.45) is 4.89. The highest BCUT2D eigenvalue weighted by Gasteiger charge is 2.85. The molecule has 43 heavy (non-hydrogen) atoms. The summed E-state index contributed by atoms with van der Waals surface area (Å²) in [5.41, 5.74) is -9.06. The Kier molecular flexibility index (Phi) is 9.03. The second kappa shape index (κ2) is 11.7. The number of epoxide rings is 1. The Bertz CT molecular complexity index is 1250. The van der Waals surface area contributed by atoms with Gasteiger partial charge in [-0.05, 0) is 37.8 Å². The largest absolute Gasteiger partial charge is 0.459 e. The van der Waals surface area contributed by atoms with Gasteiger partial charge in [0, 0.05) is 24.8 Å². The SMILES string of the molecule is C=C(C)[C@@]1(O)[C@H](OC(=O)/C=C/C=C/CCCCC)[C@@H]2[C@@H]3O[C@]3(CO)[C@@H](O)[C@]3(O)C(=O)C(C)=C[C@H]3[C@@]2(O)[C@H](C)[C@H]1OC(C)=O. The summed E-state index contributed by atoms with van der Waals surface area (Å²) in [6.45, 7) is 10.6. The van der Waals surface area contributed by atoms with Crippen LogP contribution >= 0.6 is 0 Å². The van der Waals surface area contributed by atoms with E-state index in [1.54, 1.807) is 6.08 Å². The molecule has 11 atom stereocenters. The zero-order valence-corrected chi connectivity index (χ0v) is 25.4. The molecule has 0 aromatic rings. The topological polar surface area (TPSA) is 183 Å². The molecule has 3 aliphatic carbocycles. The highest BCUT2D eigenvalue weighted by atomic mass is 16.6. The van der Waals surface area contributed by atoms with Gasteiger partial charge in [0.15, 0.2) is 17.0 Å². The average molecular weight is 605 g/mol. The summed E-state index contributed by atoms with van der Waals surface area (Å²) in [4.78, 5) is 38.9. The first-order valence-corrected chi connectivity index (χ1v) is 14.8. The maximum atomic E-state index is 13.4. The quantitative estimate of drug-likeness (QED) is 0.0603. The molecule has 4 rings (SSSR count). The molecule has 0 spiro atoms. The summed E-state index contributed by atoms with van der Waals surface area (Å²) in [7, 11) is 0. The molecule has 0 unspecified atom stereocenters. The number of hydrogen-bond acceptors (Lipinski definition) is 11. The second-order valence-corrected chi connectivity index (χ2v) is 12.5. The molecule has 3 fully saturated rings. The van der Waals surface area contributed by atoms with Crippen molar-refractivity contribution < 1.29 is 54.1 Å². The van der Waals surface area contributed by atoms with Crippen molar-refractivity contribution in [3.05, 3.63) is 48.1 Å². The van der Waals surface area contributed by atoms with Crippen LogP contribution in [-0.2, 0) is 28.6 Å². The zero-order chi connectivity index (χ0) is 32.1. The van der Waals surface area contributed by atoms with E-state index in [1.165, 1.54) is 32.9 Å². The predicted octanol–water partition coefficient (Wildman–Crippen LogP) is 1.21. The van der Waals surface area contributed by atoms with Crippen molar-refractivity contribution >= 4 is 17.7 Å². The second-order valence-electron chi connectivity index (χ2n) is 12.5. The molecule has 4 aliphatic rings. The van der Waals surface area contributed by atoms with E-state index < -0.39 is 88.9 Å². The van der Waals surface area contributed by atoms with E-state index in [-0.39, 0.29) is 11.1 Å². The average Bonchev–Trinajstić information content (AvgIpc) is 3.64. The Balaban J connectivity index is 1.87. The molecule has 1 aliphatic heterocycles. The van der Waals surface area contributed by atoms with Crippen LogP contribution in [0.2, 0.25) is 0 Å². The van der Waals surface area contributed by atoms with E-state index in [4.69, 9.17) is 14.2 Å². The number of aliphatic hydroxyl groups is 5. The lowest BCUT2D eigenvalue weighted by molar-refractivity contribution is -0.287. The van der Waals surface area contributed by atoms with Gasteiger partial charge in [0.2, 0.25) is 0 Å². The number of hydrogen-bond donors (Lipinski definition) is 5. The highest BCUT2D eigenvalue weighted by molar-refractivity contribution is 6.05. The van der Waals surface area contributed by atoms with Gasteiger partial charge in [0.05, 0.1) is 18.1 Å². The van der Waals surface area contributed by atoms with E-state index in [1.807, 2.05) is 6.08 Å². The van der Waals surface area contributed by atoms with E-state index in [2.05, 4.69) is 13.5 Å². The number of fused-ring (bicyclic) bond motifs is 5. The van der Waals surface area contributed by atoms with Crippen LogP contribution in [0.15, 0.2) is 48.1 Å². The van der Waals surface area contributed by atoms with E-state index in [0.717, 1.165) is 38.7 Å². The molecule has 238 valence electrons. The van der Waals surface area contributed by atoms with E-state index in [9.17, 15) is 39.9 Å². The Morgan fingerprint density at radius 3 is 2.37 bits per heavy atom. The number of carbonyl (C=O) groups is 3. The van der Waals surface area contributed by atoms with Crippen molar-refractivity contribution in [1.29, 1.82) is 0 Å². The van der Waals surface area contributed by atoms with Gasteiger partial charge in [0.25, 0.3) is 0 Å². The number of allylic oxidation sites excluding steroid dienone is 3. The lowest BCUT2D eigenvalue weighted by Gasteiger charge is -2.59. The Morgan fingerprint density at radius 2 is 1.79 bits per heavy atom. The number of ketones is 1. The molecule has 5 N–H and O–H groups in total. The first kappa shape index (κ1) is 33.2. The molecule has 0 bridgehead atoms. The summed E-state index contributed by atoms with van der Waals surface area (Å²) < 4.78 is 17.3. The van der Waals surface area contributed by atoms with Crippen LogP contribution < -0.4 is 0 Å². The van der Waals surface area contributed by atoms with Crippen LogP contribution in [0.1, 0.15) is 60.3 Å². The van der Waals surface area contributed by atoms with Gasteiger partial charge in [-0.25, -0.2) is 4.79 Å². The number of ether oxygens (including phenoxy) is 3. The lowest BCUT2D eigenvalue weighted by Crippen LogP contribution is -2.76. The molecule has 2 saturated carbocycles. The van der Waals surface area contributed by atoms with Gasteiger partial charge >= 0.3 is 11.9 Å². The van der Waals surface area contributed by atoms with Crippen molar-refractivity contribution in [3.63, 3.8) is 0 Å². The minimum absolute atomic E-state index is 0.0368. The minimum atomic E-state index is -2.64. The maximum absolute atomic E-state index is 13.4. The van der Waals surface area contributed by atoms with Gasteiger partial charge in [-0.15, -0.1) is 0 Å². The third-order valence-corrected chi connectivity index (χ3v) is 9.92.